The van der Waals surface area contributed by atoms with Crippen LogP contribution < -0.4 is 9.80 Å². The fraction of sp³-hybridized carbons (Fsp3) is 0.476. The second-order valence-corrected chi connectivity index (χ2v) is 7.84. The summed E-state index contributed by atoms with van der Waals surface area (Å²) in [6.07, 6.45) is 8.82. The highest BCUT2D eigenvalue weighted by Gasteiger charge is 2.24. The molecule has 0 N–H and O–H groups in total. The number of piperazine rings is 1. The first-order valence-electron chi connectivity index (χ1n) is 10.6. The van der Waals surface area contributed by atoms with Crippen molar-refractivity contribution in [1.29, 1.82) is 0 Å². The summed E-state index contributed by atoms with van der Waals surface area (Å²) >= 11 is 0. The third kappa shape index (κ3) is 3.67. The zero-order valence-electron chi connectivity index (χ0n) is 17.0. The Labute approximate surface area is 175 Å². The molecule has 3 aromatic heterocycles. The number of aromatic nitrogens is 5. The van der Waals surface area contributed by atoms with Crippen molar-refractivity contribution in [3.05, 3.63) is 36.9 Å². The zero-order chi connectivity index (χ0) is 20.3. The highest BCUT2D eigenvalue weighted by Crippen LogP contribution is 2.25. The van der Waals surface area contributed by atoms with Gasteiger partial charge in [0, 0.05) is 45.5 Å². The number of rotatable bonds is 4. The van der Waals surface area contributed by atoms with Gasteiger partial charge in [-0.2, -0.15) is 5.10 Å². The molecule has 0 spiro atoms. The fourth-order valence-corrected chi connectivity index (χ4v) is 4.31. The average Bonchev–Trinajstić information content (AvgIpc) is 3.23. The first-order valence-corrected chi connectivity index (χ1v) is 10.6. The number of anilines is 2. The predicted octanol–water partition coefficient (Wildman–Crippen LogP) is 1.56. The minimum absolute atomic E-state index is 0.0683. The molecule has 0 radical (unpaired) electrons. The van der Waals surface area contributed by atoms with Crippen molar-refractivity contribution in [3.8, 4) is 0 Å². The molecular formula is C21H26N8O. The molecule has 0 saturated carbocycles. The van der Waals surface area contributed by atoms with Crippen LogP contribution in [0, 0.1) is 0 Å². The van der Waals surface area contributed by atoms with Gasteiger partial charge >= 0.3 is 0 Å². The van der Waals surface area contributed by atoms with Gasteiger partial charge in [0.15, 0.2) is 5.65 Å². The van der Waals surface area contributed by atoms with E-state index in [-0.39, 0.29) is 12.5 Å². The van der Waals surface area contributed by atoms with E-state index in [9.17, 15) is 4.79 Å². The number of piperidine rings is 1. The van der Waals surface area contributed by atoms with Gasteiger partial charge in [0.2, 0.25) is 5.91 Å². The molecule has 0 atom stereocenters. The molecule has 2 saturated heterocycles. The van der Waals surface area contributed by atoms with Gasteiger partial charge in [-0.15, -0.1) is 0 Å². The van der Waals surface area contributed by atoms with E-state index in [4.69, 9.17) is 0 Å². The molecule has 156 valence electrons. The number of amides is 1. The number of carbonyl (C=O) groups excluding carboxylic acids is 1. The lowest BCUT2D eigenvalue weighted by Crippen LogP contribution is -2.49. The summed E-state index contributed by atoms with van der Waals surface area (Å²) in [7, 11) is 0. The largest absolute Gasteiger partial charge is 0.356 e. The standard InChI is InChI=1S/C21H26N8O/c30-19(27-12-10-26(11-13-27)18-6-2-3-7-22-18)15-29-21-17(14-25-29)20(23-16-24-21)28-8-4-1-5-9-28/h2-3,6-7,14,16H,1,4-5,8-13,15H2. The molecule has 0 unspecified atom stereocenters. The summed E-state index contributed by atoms with van der Waals surface area (Å²) in [5.41, 5.74) is 0.728. The van der Waals surface area contributed by atoms with Crippen LogP contribution in [0.4, 0.5) is 11.6 Å². The molecule has 1 amide bonds. The maximum atomic E-state index is 12.9. The smallest absolute Gasteiger partial charge is 0.244 e. The first kappa shape index (κ1) is 18.8. The lowest BCUT2D eigenvalue weighted by molar-refractivity contribution is -0.132. The summed E-state index contributed by atoms with van der Waals surface area (Å²) in [6, 6.07) is 5.91. The van der Waals surface area contributed by atoms with Crippen LogP contribution >= 0.6 is 0 Å². The molecule has 9 nitrogen and oxygen atoms in total. The lowest BCUT2D eigenvalue weighted by atomic mass is 10.1. The van der Waals surface area contributed by atoms with E-state index in [0.29, 0.717) is 13.1 Å². The monoisotopic (exact) mass is 406 g/mol. The minimum Gasteiger partial charge on any atom is -0.356 e. The van der Waals surface area contributed by atoms with Crippen LogP contribution in [0.2, 0.25) is 0 Å². The van der Waals surface area contributed by atoms with Crippen LogP contribution in [0.1, 0.15) is 19.3 Å². The second-order valence-electron chi connectivity index (χ2n) is 7.84. The van der Waals surface area contributed by atoms with Gasteiger partial charge in [0.25, 0.3) is 0 Å². The highest BCUT2D eigenvalue weighted by atomic mass is 16.2. The number of pyridine rings is 1. The minimum atomic E-state index is 0.0683. The molecule has 2 aliphatic rings. The van der Waals surface area contributed by atoms with E-state index in [1.165, 1.54) is 19.3 Å². The number of carbonyl (C=O) groups is 1. The van der Waals surface area contributed by atoms with E-state index in [0.717, 1.165) is 48.8 Å². The Kier molecular flexibility index (Phi) is 5.17. The maximum Gasteiger partial charge on any atom is 0.244 e. The van der Waals surface area contributed by atoms with Crippen LogP contribution in [-0.2, 0) is 11.3 Å². The Morgan fingerprint density at radius 2 is 1.73 bits per heavy atom. The number of fused-ring (bicyclic) bond motifs is 1. The van der Waals surface area contributed by atoms with Crippen LogP contribution in [0.5, 0.6) is 0 Å². The van der Waals surface area contributed by atoms with Crippen molar-refractivity contribution in [2.75, 3.05) is 49.1 Å². The van der Waals surface area contributed by atoms with Gasteiger partial charge in [0.05, 0.1) is 11.6 Å². The van der Waals surface area contributed by atoms with E-state index >= 15 is 0 Å². The summed E-state index contributed by atoms with van der Waals surface area (Å²) < 4.78 is 1.71. The molecule has 3 aromatic rings. The number of hydrogen-bond donors (Lipinski definition) is 0. The molecule has 5 heterocycles. The van der Waals surface area contributed by atoms with E-state index < -0.39 is 0 Å². The zero-order valence-corrected chi connectivity index (χ0v) is 17.0. The Morgan fingerprint density at radius 3 is 2.50 bits per heavy atom. The Bertz CT molecular complexity index is 1010. The summed E-state index contributed by atoms with van der Waals surface area (Å²) in [6.45, 7) is 5.15. The average molecular weight is 406 g/mol. The fourth-order valence-electron chi connectivity index (χ4n) is 4.31. The molecule has 9 heteroatoms. The molecule has 2 fully saturated rings. The Balaban J connectivity index is 1.26. The molecule has 0 aliphatic carbocycles. The Hall–Kier alpha value is -3.23. The maximum absolute atomic E-state index is 12.9. The summed E-state index contributed by atoms with van der Waals surface area (Å²) in [4.78, 5) is 32.7. The van der Waals surface area contributed by atoms with Crippen LogP contribution in [0.15, 0.2) is 36.9 Å². The molecule has 5 rings (SSSR count). The van der Waals surface area contributed by atoms with Crippen molar-refractivity contribution in [1.82, 2.24) is 29.6 Å². The van der Waals surface area contributed by atoms with E-state index in [1.54, 1.807) is 23.4 Å². The van der Waals surface area contributed by atoms with Crippen molar-refractivity contribution in [2.45, 2.75) is 25.8 Å². The van der Waals surface area contributed by atoms with Crippen molar-refractivity contribution in [2.24, 2.45) is 0 Å². The highest BCUT2D eigenvalue weighted by molar-refractivity contribution is 5.88. The number of hydrogen-bond acceptors (Lipinski definition) is 7. The molecule has 2 aliphatic heterocycles. The van der Waals surface area contributed by atoms with Gasteiger partial charge in [0.1, 0.15) is 24.5 Å². The van der Waals surface area contributed by atoms with Crippen molar-refractivity contribution < 1.29 is 4.79 Å². The van der Waals surface area contributed by atoms with Gasteiger partial charge < -0.3 is 14.7 Å². The van der Waals surface area contributed by atoms with Crippen LogP contribution in [-0.4, -0.2) is 74.8 Å². The van der Waals surface area contributed by atoms with Gasteiger partial charge in [-0.1, -0.05) is 6.07 Å². The summed E-state index contributed by atoms with van der Waals surface area (Å²) in [5, 5.41) is 5.39. The predicted molar refractivity (Wildman–Crippen MR) is 114 cm³/mol. The van der Waals surface area contributed by atoms with E-state index in [2.05, 4.69) is 29.9 Å². The topological polar surface area (TPSA) is 83.3 Å². The van der Waals surface area contributed by atoms with Gasteiger partial charge in [-0.3, -0.25) is 4.79 Å². The second kappa shape index (κ2) is 8.25. The Morgan fingerprint density at radius 1 is 0.900 bits per heavy atom. The first-order chi connectivity index (χ1) is 14.8. The molecule has 0 aromatic carbocycles. The lowest BCUT2D eigenvalue weighted by Gasteiger charge is -2.35. The molecule has 30 heavy (non-hydrogen) atoms. The normalized spacial score (nSPS) is 17.5. The van der Waals surface area contributed by atoms with E-state index in [1.807, 2.05) is 23.1 Å². The van der Waals surface area contributed by atoms with Crippen LogP contribution in [0.3, 0.4) is 0 Å². The summed E-state index contributed by atoms with van der Waals surface area (Å²) in [5.74, 6) is 1.96. The quantitative estimate of drug-likeness (QED) is 0.650. The van der Waals surface area contributed by atoms with Gasteiger partial charge in [-0.25, -0.2) is 19.6 Å². The third-order valence-corrected chi connectivity index (χ3v) is 5.96. The SMILES string of the molecule is O=C(Cn1ncc2c(N3CCCCC3)ncnc21)N1CCN(c2ccccn2)CC1. The van der Waals surface area contributed by atoms with Crippen LogP contribution in [0.25, 0.3) is 11.0 Å². The third-order valence-electron chi connectivity index (χ3n) is 5.96. The number of nitrogens with zero attached hydrogens (tertiary/aromatic N) is 8. The molecule has 0 bridgehead atoms. The van der Waals surface area contributed by atoms with Gasteiger partial charge in [-0.05, 0) is 31.4 Å². The molecular weight excluding hydrogens is 380 g/mol. The van der Waals surface area contributed by atoms with Crippen molar-refractivity contribution >= 4 is 28.6 Å². The van der Waals surface area contributed by atoms with Crippen molar-refractivity contribution in [3.63, 3.8) is 0 Å².